The molecule has 2 bridgehead atoms. The molecule has 0 saturated carbocycles. The molecule has 1 aromatic carbocycles. The Morgan fingerprint density at radius 1 is 1.11 bits per heavy atom. The van der Waals surface area contributed by atoms with Crippen LogP contribution in [0.15, 0.2) is 29.1 Å². The Balaban J connectivity index is 1.82. The van der Waals surface area contributed by atoms with Crippen molar-refractivity contribution in [3.8, 4) is 0 Å². The van der Waals surface area contributed by atoms with E-state index in [1.807, 2.05) is 28.8 Å². The Hall–Kier alpha value is -1.55. The summed E-state index contributed by atoms with van der Waals surface area (Å²) in [5, 5.41) is 3.62. The standard InChI is InChI=1S/C14H17N3O/c18-14-16-12-3-1-2-4-13(12)17(14)11-7-9-5-6-10(8-11)15-9/h1-4,9-11,15H,5-8H2,(H,16,18). The zero-order chi connectivity index (χ0) is 12.1. The van der Waals surface area contributed by atoms with Crippen LogP contribution >= 0.6 is 0 Å². The van der Waals surface area contributed by atoms with Gasteiger partial charge in [-0.3, -0.25) is 4.57 Å². The van der Waals surface area contributed by atoms with Gasteiger partial charge in [0.05, 0.1) is 11.0 Å². The molecule has 2 aromatic rings. The van der Waals surface area contributed by atoms with Gasteiger partial charge in [0.25, 0.3) is 0 Å². The number of nitrogens with one attached hydrogen (secondary N) is 2. The number of aromatic nitrogens is 2. The second-order valence-electron chi connectivity index (χ2n) is 5.58. The highest BCUT2D eigenvalue weighted by atomic mass is 16.1. The van der Waals surface area contributed by atoms with Gasteiger partial charge in [-0.1, -0.05) is 12.1 Å². The molecule has 2 unspecified atom stereocenters. The lowest BCUT2D eigenvalue weighted by atomic mass is 9.99. The normalized spacial score (nSPS) is 31.0. The molecular formula is C14H17N3O. The number of imidazole rings is 1. The predicted molar refractivity (Wildman–Crippen MR) is 70.8 cm³/mol. The van der Waals surface area contributed by atoms with E-state index in [2.05, 4.69) is 10.3 Å². The number of rotatable bonds is 1. The van der Waals surface area contributed by atoms with Crippen molar-refractivity contribution in [2.75, 3.05) is 0 Å². The van der Waals surface area contributed by atoms with Gasteiger partial charge in [-0.05, 0) is 37.8 Å². The van der Waals surface area contributed by atoms with Crippen LogP contribution < -0.4 is 11.0 Å². The van der Waals surface area contributed by atoms with Crippen LogP contribution in [0.1, 0.15) is 31.7 Å². The van der Waals surface area contributed by atoms with E-state index >= 15 is 0 Å². The van der Waals surface area contributed by atoms with Crippen LogP contribution in [0, 0.1) is 0 Å². The Morgan fingerprint density at radius 3 is 2.61 bits per heavy atom. The quantitative estimate of drug-likeness (QED) is 0.802. The summed E-state index contributed by atoms with van der Waals surface area (Å²) in [5.41, 5.74) is 2.05. The van der Waals surface area contributed by atoms with Crippen molar-refractivity contribution in [2.24, 2.45) is 0 Å². The molecule has 3 heterocycles. The van der Waals surface area contributed by atoms with Gasteiger partial charge in [-0.15, -0.1) is 0 Å². The van der Waals surface area contributed by atoms with Crippen molar-refractivity contribution in [2.45, 2.75) is 43.8 Å². The minimum Gasteiger partial charge on any atom is -0.311 e. The Labute approximate surface area is 105 Å². The van der Waals surface area contributed by atoms with Crippen molar-refractivity contribution < 1.29 is 0 Å². The van der Waals surface area contributed by atoms with Gasteiger partial charge in [-0.25, -0.2) is 4.79 Å². The molecule has 94 valence electrons. The second-order valence-corrected chi connectivity index (χ2v) is 5.58. The summed E-state index contributed by atoms with van der Waals surface area (Å²) in [7, 11) is 0. The molecule has 0 spiro atoms. The maximum absolute atomic E-state index is 12.2. The number of H-pyrrole nitrogens is 1. The van der Waals surface area contributed by atoms with Crippen LogP contribution in [0.5, 0.6) is 0 Å². The molecule has 2 N–H and O–H groups in total. The number of nitrogens with zero attached hydrogens (tertiary/aromatic N) is 1. The largest absolute Gasteiger partial charge is 0.326 e. The van der Waals surface area contributed by atoms with Crippen LogP contribution in [-0.2, 0) is 0 Å². The lowest BCUT2D eigenvalue weighted by molar-refractivity contribution is 0.299. The first-order valence-electron chi connectivity index (χ1n) is 6.76. The Bertz CT molecular complexity index is 630. The fraction of sp³-hybridized carbons (Fsp3) is 0.500. The van der Waals surface area contributed by atoms with Crippen molar-refractivity contribution in [1.29, 1.82) is 0 Å². The van der Waals surface area contributed by atoms with E-state index in [1.165, 1.54) is 12.8 Å². The molecule has 2 aliphatic rings. The fourth-order valence-corrected chi connectivity index (χ4v) is 3.67. The smallest absolute Gasteiger partial charge is 0.311 e. The molecular weight excluding hydrogens is 226 g/mol. The lowest BCUT2D eigenvalue weighted by Crippen LogP contribution is -2.40. The SMILES string of the molecule is O=c1[nH]c2ccccc2n1C1CC2CCC(C1)N2. The van der Waals surface area contributed by atoms with Crippen LogP contribution in [0.4, 0.5) is 0 Å². The minimum absolute atomic E-state index is 0.0440. The van der Waals surface area contributed by atoms with E-state index in [4.69, 9.17) is 0 Å². The van der Waals surface area contributed by atoms with Gasteiger partial charge < -0.3 is 10.3 Å². The summed E-state index contributed by atoms with van der Waals surface area (Å²) in [5.74, 6) is 0. The first-order valence-corrected chi connectivity index (χ1v) is 6.76. The molecule has 0 radical (unpaired) electrons. The highest BCUT2D eigenvalue weighted by Crippen LogP contribution is 2.34. The van der Waals surface area contributed by atoms with Gasteiger partial charge in [0.2, 0.25) is 0 Å². The number of benzene rings is 1. The number of para-hydroxylation sites is 2. The highest BCUT2D eigenvalue weighted by molar-refractivity contribution is 5.75. The van der Waals surface area contributed by atoms with Crippen LogP contribution in [0.25, 0.3) is 11.0 Å². The van der Waals surface area contributed by atoms with Crippen molar-refractivity contribution in [3.63, 3.8) is 0 Å². The van der Waals surface area contributed by atoms with Crippen LogP contribution in [0.3, 0.4) is 0 Å². The van der Waals surface area contributed by atoms with Gasteiger partial charge in [-0.2, -0.15) is 0 Å². The number of hydrogen-bond donors (Lipinski definition) is 2. The third kappa shape index (κ3) is 1.45. The zero-order valence-electron chi connectivity index (χ0n) is 10.2. The summed E-state index contributed by atoms with van der Waals surface area (Å²) < 4.78 is 1.97. The third-order valence-corrected chi connectivity index (χ3v) is 4.44. The number of aromatic amines is 1. The topological polar surface area (TPSA) is 49.8 Å². The summed E-state index contributed by atoms with van der Waals surface area (Å²) in [6.45, 7) is 0. The monoisotopic (exact) mass is 243 g/mol. The number of fused-ring (bicyclic) bond motifs is 3. The minimum atomic E-state index is 0.0440. The number of hydrogen-bond acceptors (Lipinski definition) is 2. The third-order valence-electron chi connectivity index (χ3n) is 4.44. The average molecular weight is 243 g/mol. The van der Waals surface area contributed by atoms with E-state index < -0.39 is 0 Å². The van der Waals surface area contributed by atoms with E-state index in [0.717, 1.165) is 23.9 Å². The molecule has 4 heteroatoms. The van der Waals surface area contributed by atoms with Crippen LogP contribution in [0.2, 0.25) is 0 Å². The molecule has 2 aliphatic heterocycles. The van der Waals surface area contributed by atoms with E-state index in [-0.39, 0.29) is 5.69 Å². The number of piperidine rings is 1. The first-order chi connectivity index (χ1) is 8.81. The molecule has 2 fully saturated rings. The van der Waals surface area contributed by atoms with E-state index in [1.54, 1.807) is 0 Å². The molecule has 0 amide bonds. The van der Waals surface area contributed by atoms with Gasteiger partial charge in [0, 0.05) is 18.1 Å². The zero-order valence-corrected chi connectivity index (χ0v) is 10.2. The summed E-state index contributed by atoms with van der Waals surface area (Å²) in [6.07, 6.45) is 4.69. The average Bonchev–Trinajstić information content (AvgIpc) is 2.88. The fourth-order valence-electron chi connectivity index (χ4n) is 3.67. The van der Waals surface area contributed by atoms with Crippen molar-refractivity contribution >= 4 is 11.0 Å². The van der Waals surface area contributed by atoms with Gasteiger partial charge >= 0.3 is 5.69 Å². The maximum Gasteiger partial charge on any atom is 0.326 e. The molecule has 18 heavy (non-hydrogen) atoms. The summed E-state index contributed by atoms with van der Waals surface area (Å²) >= 11 is 0. The van der Waals surface area contributed by atoms with E-state index in [9.17, 15) is 4.79 Å². The summed E-state index contributed by atoms with van der Waals surface area (Å²) in [4.78, 5) is 15.1. The van der Waals surface area contributed by atoms with Gasteiger partial charge in [0.15, 0.2) is 0 Å². The molecule has 0 aliphatic carbocycles. The first kappa shape index (κ1) is 10.4. The molecule has 2 saturated heterocycles. The summed E-state index contributed by atoms with van der Waals surface area (Å²) in [6, 6.07) is 9.55. The highest BCUT2D eigenvalue weighted by Gasteiger charge is 2.35. The molecule has 2 atom stereocenters. The Kier molecular flexibility index (Phi) is 2.14. The van der Waals surface area contributed by atoms with Crippen LogP contribution in [-0.4, -0.2) is 21.6 Å². The molecule has 4 rings (SSSR count). The molecule has 1 aromatic heterocycles. The van der Waals surface area contributed by atoms with Crippen molar-refractivity contribution in [1.82, 2.24) is 14.9 Å². The second kappa shape index (κ2) is 3.72. The van der Waals surface area contributed by atoms with Crippen molar-refractivity contribution in [3.05, 3.63) is 34.7 Å². The predicted octanol–water partition coefficient (Wildman–Crippen LogP) is 1.79. The molecule has 4 nitrogen and oxygen atoms in total. The maximum atomic E-state index is 12.2. The van der Waals surface area contributed by atoms with E-state index in [0.29, 0.717) is 18.1 Å². The lowest BCUT2D eigenvalue weighted by Gasteiger charge is -2.29. The Morgan fingerprint density at radius 2 is 1.83 bits per heavy atom. The van der Waals surface area contributed by atoms with Gasteiger partial charge in [0.1, 0.15) is 0 Å².